The van der Waals surface area contributed by atoms with Gasteiger partial charge in [0.15, 0.2) is 36.2 Å². The van der Waals surface area contributed by atoms with Crippen LogP contribution in [0.2, 0.25) is 0 Å². The number of ether oxygens (including phenoxy) is 2. The molecule has 4 aromatic heterocycles. The molecule has 1 fully saturated rings. The first kappa shape index (κ1) is 51.0. The van der Waals surface area contributed by atoms with Crippen molar-refractivity contribution in [1.82, 2.24) is 30.2 Å². The van der Waals surface area contributed by atoms with Gasteiger partial charge in [-0.1, -0.05) is 6.42 Å². The molecule has 67 heavy (non-hydrogen) atoms. The molecule has 0 aliphatic carbocycles. The van der Waals surface area contributed by atoms with Gasteiger partial charge in [-0.25, -0.2) is 38.2 Å². The lowest BCUT2D eigenvalue weighted by Gasteiger charge is -2.23. The van der Waals surface area contributed by atoms with Crippen LogP contribution in [0.15, 0.2) is 70.7 Å². The number of hydrogen-bond donors (Lipinski definition) is 8. The lowest BCUT2D eigenvalue weighted by molar-refractivity contribution is -0.696. The highest BCUT2D eigenvalue weighted by Crippen LogP contribution is 2.57. The number of nitrogens with two attached hydrogens (primary N) is 1. The molecule has 9 N–H and O–H groups in total. The number of benzene rings is 1. The standard InChI is InChI=1S/C38H49N9O17P2S/c1-2-46(26-9-8-25-19-27(37(50)62-28(25)20-26)24-10-16-45(17-11-24)14-6-18-67(57,58)59)15-5-3-4-7-30(48)40-12-13-41-38(51)63-33-29(21-60-66(55,56)64-65(52,53)54)61-36(32(33)49)47-23-44-31-34(39)42-22-43-35(31)47/h8-11,16-17,19-20,22-23,29,32-33,36,49H,2-7,12-15,18,21H2,1H3,(H7-,39,40,41,42,43,48,51,52,53,54,55,56,57,58,59)/p+1/t29-,32-,33-,36-/m1/s1. The summed E-state index contributed by atoms with van der Waals surface area (Å²) in [5.74, 6) is -0.605. The number of nitrogens with one attached hydrogen (secondary N) is 2. The van der Waals surface area contributed by atoms with E-state index < -0.39 is 68.6 Å². The largest absolute Gasteiger partial charge is 0.481 e. The maximum atomic E-state index is 13.0. The monoisotopic (exact) mass is 998 g/mol. The number of nitrogen functional groups attached to an aromatic ring is 1. The van der Waals surface area contributed by atoms with Gasteiger partial charge in [0.1, 0.15) is 36.2 Å². The molecule has 1 aliphatic heterocycles. The average Bonchev–Trinajstić information content (AvgIpc) is 3.82. The number of aromatic nitrogens is 5. The number of anilines is 2. The Morgan fingerprint density at radius 3 is 2.48 bits per heavy atom. The van der Waals surface area contributed by atoms with E-state index in [4.69, 9.17) is 34.0 Å². The molecule has 1 aromatic carbocycles. The molecule has 6 rings (SSSR count). The number of amides is 2. The Morgan fingerprint density at radius 1 is 1.01 bits per heavy atom. The zero-order valence-electron chi connectivity index (χ0n) is 35.8. The topological polar surface area (TPSA) is 371 Å². The number of carbonyl (C=O) groups excluding carboxylic acids is 2. The minimum atomic E-state index is -5.47. The highest BCUT2D eigenvalue weighted by molar-refractivity contribution is 7.85. The van der Waals surface area contributed by atoms with Gasteiger partial charge >= 0.3 is 27.4 Å². The molecular formula is C38H50N9O17P2S+. The molecule has 26 nitrogen and oxygen atoms in total. The van der Waals surface area contributed by atoms with Gasteiger partial charge < -0.3 is 54.9 Å². The third-order valence-electron chi connectivity index (χ3n) is 10.4. The fourth-order valence-corrected chi connectivity index (χ4v) is 9.27. The smallest absolute Gasteiger partial charge is 0.440 e. The molecule has 5 aromatic rings. The minimum Gasteiger partial charge on any atom is -0.440 e. The zero-order valence-corrected chi connectivity index (χ0v) is 38.4. The van der Waals surface area contributed by atoms with Crippen molar-refractivity contribution in [3.8, 4) is 11.1 Å². The van der Waals surface area contributed by atoms with E-state index in [0.29, 0.717) is 42.8 Å². The van der Waals surface area contributed by atoms with Crippen molar-refractivity contribution in [1.29, 1.82) is 0 Å². The van der Waals surface area contributed by atoms with Crippen LogP contribution in [0.3, 0.4) is 0 Å². The summed E-state index contributed by atoms with van der Waals surface area (Å²) in [5.41, 5.74) is 7.88. The Bertz CT molecular complexity index is 2810. The summed E-state index contributed by atoms with van der Waals surface area (Å²) < 4.78 is 82.5. The molecule has 29 heteroatoms. The van der Waals surface area contributed by atoms with Crippen molar-refractivity contribution >= 4 is 71.4 Å². The van der Waals surface area contributed by atoms with Crippen molar-refractivity contribution < 1.29 is 78.8 Å². The molecule has 0 radical (unpaired) electrons. The third kappa shape index (κ3) is 14.3. The second-order valence-corrected chi connectivity index (χ2v) is 19.5. The fraction of sp³-hybridized carbons (Fsp3) is 0.447. The van der Waals surface area contributed by atoms with Crippen LogP contribution in [0.1, 0.15) is 45.3 Å². The average molecular weight is 999 g/mol. The van der Waals surface area contributed by atoms with Gasteiger partial charge in [-0.3, -0.25) is 18.4 Å². The molecule has 0 spiro atoms. The number of phosphoric acid groups is 2. The SMILES string of the molecule is CCN(CCCCCC(=O)NCCNC(=O)O[C@H]1[C@@H](O)[C@H](n2cnc3c(N)ncnc32)O[C@@H]1COP(=O)(O)OP(=O)(O)O)c1ccc2cc(-c3cc[n+](CCCS(=O)(=O)O)cc3)c(=O)oc2c1. The number of fused-ring (bicyclic) bond motifs is 2. The number of imidazole rings is 1. The number of aliphatic hydroxyl groups excluding tert-OH is 1. The predicted octanol–water partition coefficient (Wildman–Crippen LogP) is 1.53. The van der Waals surface area contributed by atoms with Crippen molar-refractivity contribution in [2.24, 2.45) is 0 Å². The second-order valence-electron chi connectivity index (χ2n) is 15.1. The van der Waals surface area contributed by atoms with Gasteiger partial charge in [-0.15, -0.1) is 0 Å². The van der Waals surface area contributed by atoms with Gasteiger partial charge in [0.25, 0.3) is 10.1 Å². The van der Waals surface area contributed by atoms with E-state index in [1.807, 2.05) is 25.1 Å². The van der Waals surface area contributed by atoms with Gasteiger partial charge in [-0.2, -0.15) is 12.7 Å². The Morgan fingerprint density at radius 2 is 1.76 bits per heavy atom. The molecule has 1 unspecified atom stereocenters. The van der Waals surface area contributed by atoms with Crippen LogP contribution in [0, 0.1) is 0 Å². The van der Waals surface area contributed by atoms with Gasteiger partial charge in [-0.05, 0) is 38.0 Å². The highest BCUT2D eigenvalue weighted by atomic mass is 32.2. The number of pyridine rings is 1. The Kier molecular flexibility index (Phi) is 16.8. The van der Waals surface area contributed by atoms with E-state index in [-0.39, 0.29) is 54.6 Å². The first-order valence-electron chi connectivity index (χ1n) is 20.7. The number of aryl methyl sites for hydroxylation is 1. The Balaban J connectivity index is 0.929. The first-order chi connectivity index (χ1) is 31.7. The van der Waals surface area contributed by atoms with E-state index >= 15 is 0 Å². The van der Waals surface area contributed by atoms with E-state index in [9.17, 15) is 41.9 Å². The number of hydrogen-bond acceptors (Lipinski definition) is 18. The van der Waals surface area contributed by atoms with Gasteiger partial charge in [0, 0.05) is 73.9 Å². The summed E-state index contributed by atoms with van der Waals surface area (Å²) in [4.78, 5) is 80.2. The van der Waals surface area contributed by atoms with Crippen LogP contribution in [0.5, 0.6) is 0 Å². The lowest BCUT2D eigenvalue weighted by Crippen LogP contribution is -2.42. The van der Waals surface area contributed by atoms with Crippen molar-refractivity contribution in [2.45, 2.75) is 70.1 Å². The molecule has 1 aliphatic rings. The number of rotatable bonds is 23. The predicted molar refractivity (Wildman–Crippen MR) is 235 cm³/mol. The van der Waals surface area contributed by atoms with Crippen LogP contribution in [0.25, 0.3) is 33.3 Å². The van der Waals surface area contributed by atoms with E-state index in [2.05, 4.69) is 39.3 Å². The molecule has 0 saturated carbocycles. The summed E-state index contributed by atoms with van der Waals surface area (Å²) >= 11 is 0. The van der Waals surface area contributed by atoms with Crippen molar-refractivity contribution in [3.63, 3.8) is 0 Å². The maximum Gasteiger partial charge on any atom is 0.481 e. The van der Waals surface area contributed by atoms with Crippen LogP contribution in [-0.2, 0) is 48.9 Å². The van der Waals surface area contributed by atoms with Crippen molar-refractivity contribution in [3.05, 3.63) is 71.9 Å². The zero-order chi connectivity index (χ0) is 48.5. The summed E-state index contributed by atoms with van der Waals surface area (Å²) in [5, 5.41) is 17.0. The molecule has 2 amide bonds. The van der Waals surface area contributed by atoms with Gasteiger partial charge in [0.05, 0.1) is 24.3 Å². The molecule has 0 bridgehead atoms. The number of aliphatic hydroxyl groups is 1. The number of unbranched alkanes of at least 4 members (excludes halogenated alkanes) is 2. The second kappa shape index (κ2) is 22.1. The Hall–Kier alpha value is -5.44. The molecule has 5 atom stereocenters. The van der Waals surface area contributed by atoms with Gasteiger partial charge in [0.2, 0.25) is 5.91 Å². The van der Waals surface area contributed by atoms with Crippen molar-refractivity contribution in [2.75, 3.05) is 49.2 Å². The fourth-order valence-electron chi connectivity index (χ4n) is 7.18. The highest BCUT2D eigenvalue weighted by Gasteiger charge is 2.49. The molecule has 364 valence electrons. The van der Waals surface area contributed by atoms with E-state index in [0.717, 1.165) is 30.2 Å². The van der Waals surface area contributed by atoms with E-state index in [1.165, 1.54) is 10.9 Å². The quantitative estimate of drug-likeness (QED) is 0.0151. The number of carbonyl (C=O) groups is 2. The van der Waals surface area contributed by atoms with Crippen LogP contribution in [-0.4, -0.2) is 121 Å². The van der Waals surface area contributed by atoms with Crippen LogP contribution < -0.4 is 31.5 Å². The number of nitrogens with zero attached hydrogens (tertiary/aromatic N) is 6. The molecule has 5 heterocycles. The summed E-state index contributed by atoms with van der Waals surface area (Å²) in [6.45, 7) is 2.67. The summed E-state index contributed by atoms with van der Waals surface area (Å²) in [7, 11) is -14.9. The molecule has 1 saturated heterocycles. The first-order valence-corrected chi connectivity index (χ1v) is 25.3. The van der Waals surface area contributed by atoms with Crippen LogP contribution in [0.4, 0.5) is 16.3 Å². The Labute approximate surface area is 381 Å². The van der Waals surface area contributed by atoms with Crippen LogP contribution >= 0.6 is 15.6 Å². The number of alkyl carbamates (subject to hydrolysis) is 1. The number of phosphoric ester groups is 1. The minimum absolute atomic E-state index is 0.0120. The lowest BCUT2D eigenvalue weighted by atomic mass is 10.1. The summed E-state index contributed by atoms with van der Waals surface area (Å²) in [6, 6.07) is 10.8. The normalized spacial score (nSPS) is 18.5. The van der Waals surface area contributed by atoms with E-state index in [1.54, 1.807) is 35.2 Å². The maximum absolute atomic E-state index is 13.0. The third-order valence-corrected chi connectivity index (χ3v) is 13.3. The molecular weight excluding hydrogens is 948 g/mol. The summed E-state index contributed by atoms with van der Waals surface area (Å²) in [6.07, 6.45) is 1.04.